The van der Waals surface area contributed by atoms with Gasteiger partial charge in [-0.2, -0.15) is 0 Å². The summed E-state index contributed by atoms with van der Waals surface area (Å²) in [7, 11) is -4.14. The maximum atomic E-state index is 12.1. The summed E-state index contributed by atoms with van der Waals surface area (Å²) in [6.45, 7) is 0. The summed E-state index contributed by atoms with van der Waals surface area (Å²) >= 11 is 7.16. The minimum Gasteiger partial charge on any atom is -0.272 e. The van der Waals surface area contributed by atoms with Gasteiger partial charge in [-0.3, -0.25) is 10.2 Å². The molecule has 0 unspecified atom stereocenters. The Bertz CT molecular complexity index is 876. The second-order valence-corrected chi connectivity index (χ2v) is 8.06. The van der Waals surface area contributed by atoms with Crippen LogP contribution in [0.15, 0.2) is 59.5 Å². The molecule has 2 aromatic carbocycles. The van der Waals surface area contributed by atoms with Crippen molar-refractivity contribution in [1.29, 1.82) is 0 Å². The number of urea groups is 1. The zero-order valence-corrected chi connectivity index (χ0v) is 15.8. The van der Waals surface area contributed by atoms with E-state index in [1.165, 1.54) is 30.0 Å². The van der Waals surface area contributed by atoms with Crippen LogP contribution < -0.4 is 15.6 Å². The van der Waals surface area contributed by atoms with Gasteiger partial charge in [-0.1, -0.05) is 54.1 Å². The van der Waals surface area contributed by atoms with E-state index in [1.807, 2.05) is 35.8 Å². The van der Waals surface area contributed by atoms with Crippen LogP contribution in [0.2, 0.25) is 5.02 Å². The molecule has 0 aliphatic carbocycles. The highest BCUT2D eigenvalue weighted by atomic mass is 35.5. The number of sulfonamides is 1. The van der Waals surface area contributed by atoms with Crippen molar-refractivity contribution < 1.29 is 18.0 Å². The van der Waals surface area contributed by atoms with Crippen molar-refractivity contribution >= 4 is 45.3 Å². The second-order valence-electron chi connectivity index (χ2n) is 5.02. The molecule has 0 aromatic heterocycles. The highest BCUT2D eigenvalue weighted by Crippen LogP contribution is 2.19. The number of carbonyl (C=O) groups is 2. The standard InChI is InChI=1S/C16H16ClN3O4S2/c17-13-8-4-5-9-14(13)26(23,24)20-16(22)19-18-15(21)11-25-10-12-6-2-1-3-7-12/h1-9H,10-11H2,(H,18,21)(H2,19,20,22). The second kappa shape index (κ2) is 9.46. The zero-order chi connectivity index (χ0) is 19.0. The van der Waals surface area contributed by atoms with E-state index in [2.05, 4.69) is 5.43 Å². The van der Waals surface area contributed by atoms with Gasteiger partial charge in [0.25, 0.3) is 10.0 Å². The van der Waals surface area contributed by atoms with Crippen LogP contribution in [0.4, 0.5) is 4.79 Å². The molecule has 0 aliphatic rings. The number of carbonyl (C=O) groups excluding carboxylic acids is 2. The quantitative estimate of drug-likeness (QED) is 0.630. The molecule has 0 heterocycles. The smallest absolute Gasteiger partial charge is 0.272 e. The fourth-order valence-electron chi connectivity index (χ4n) is 1.86. The van der Waals surface area contributed by atoms with Crippen molar-refractivity contribution in [2.75, 3.05) is 5.75 Å². The Hall–Kier alpha value is -2.23. The third-order valence-corrected chi connectivity index (χ3v) is 5.85. The van der Waals surface area contributed by atoms with Gasteiger partial charge in [-0.15, -0.1) is 11.8 Å². The first kappa shape index (κ1) is 20.1. The van der Waals surface area contributed by atoms with Gasteiger partial charge < -0.3 is 0 Å². The Labute approximate surface area is 160 Å². The molecular weight excluding hydrogens is 398 g/mol. The first-order chi connectivity index (χ1) is 12.4. The van der Waals surface area contributed by atoms with Crippen LogP contribution >= 0.6 is 23.4 Å². The molecule has 7 nitrogen and oxygen atoms in total. The molecule has 10 heteroatoms. The van der Waals surface area contributed by atoms with Gasteiger partial charge in [-0.25, -0.2) is 23.4 Å². The molecule has 0 saturated heterocycles. The third kappa shape index (κ3) is 6.25. The monoisotopic (exact) mass is 413 g/mol. The highest BCUT2D eigenvalue weighted by Gasteiger charge is 2.20. The lowest BCUT2D eigenvalue weighted by molar-refractivity contribution is -0.119. The summed E-state index contributed by atoms with van der Waals surface area (Å²) < 4.78 is 25.9. The minimum atomic E-state index is -4.14. The summed E-state index contributed by atoms with van der Waals surface area (Å²) in [6.07, 6.45) is 0. The molecule has 2 aromatic rings. The fraction of sp³-hybridized carbons (Fsp3) is 0.125. The van der Waals surface area contributed by atoms with Crippen LogP contribution in [-0.4, -0.2) is 26.1 Å². The van der Waals surface area contributed by atoms with E-state index >= 15 is 0 Å². The maximum Gasteiger partial charge on any atom is 0.347 e. The van der Waals surface area contributed by atoms with Gasteiger partial charge in [0.15, 0.2) is 0 Å². The summed E-state index contributed by atoms with van der Waals surface area (Å²) in [4.78, 5) is 23.1. The van der Waals surface area contributed by atoms with Gasteiger partial charge in [-0.05, 0) is 17.7 Å². The number of hydrogen-bond donors (Lipinski definition) is 3. The van der Waals surface area contributed by atoms with E-state index < -0.39 is 22.0 Å². The van der Waals surface area contributed by atoms with Crippen LogP contribution in [0.3, 0.4) is 0 Å². The number of halogens is 1. The van der Waals surface area contributed by atoms with Gasteiger partial charge in [0.1, 0.15) is 4.90 Å². The van der Waals surface area contributed by atoms with Crippen molar-refractivity contribution in [3.8, 4) is 0 Å². The van der Waals surface area contributed by atoms with E-state index in [1.54, 1.807) is 10.8 Å². The van der Waals surface area contributed by atoms with E-state index in [4.69, 9.17) is 11.6 Å². The molecule has 0 bridgehead atoms. The molecule has 2 rings (SSSR count). The molecule has 3 amide bonds. The molecule has 138 valence electrons. The number of benzene rings is 2. The molecule has 0 radical (unpaired) electrons. The average molecular weight is 414 g/mol. The average Bonchev–Trinajstić information content (AvgIpc) is 2.61. The Morgan fingerprint density at radius 1 is 0.962 bits per heavy atom. The summed E-state index contributed by atoms with van der Waals surface area (Å²) in [5.41, 5.74) is 5.20. The molecular formula is C16H16ClN3O4S2. The summed E-state index contributed by atoms with van der Waals surface area (Å²) in [6, 6.07) is 14.2. The molecule has 0 spiro atoms. The lowest BCUT2D eigenvalue weighted by atomic mass is 10.2. The number of hydrogen-bond acceptors (Lipinski definition) is 5. The van der Waals surface area contributed by atoms with E-state index in [0.29, 0.717) is 5.75 Å². The fourth-order valence-corrected chi connectivity index (χ4v) is 4.08. The van der Waals surface area contributed by atoms with Crippen LogP contribution in [0.25, 0.3) is 0 Å². The number of amides is 3. The summed E-state index contributed by atoms with van der Waals surface area (Å²) in [5.74, 6) is 0.282. The SMILES string of the molecule is O=C(CSCc1ccccc1)NNC(=O)NS(=O)(=O)c1ccccc1Cl. The van der Waals surface area contributed by atoms with Crippen LogP contribution in [0.5, 0.6) is 0 Å². The van der Waals surface area contributed by atoms with Gasteiger partial charge in [0.05, 0.1) is 10.8 Å². The van der Waals surface area contributed by atoms with Gasteiger partial charge in [0.2, 0.25) is 5.91 Å². The van der Waals surface area contributed by atoms with Crippen LogP contribution in [0.1, 0.15) is 5.56 Å². The molecule has 26 heavy (non-hydrogen) atoms. The van der Waals surface area contributed by atoms with Crippen molar-refractivity contribution in [3.05, 3.63) is 65.2 Å². The number of rotatable bonds is 6. The Balaban J connectivity index is 1.76. The van der Waals surface area contributed by atoms with Gasteiger partial charge >= 0.3 is 6.03 Å². The van der Waals surface area contributed by atoms with Crippen molar-refractivity contribution in [2.24, 2.45) is 0 Å². The third-order valence-electron chi connectivity index (χ3n) is 3.01. The van der Waals surface area contributed by atoms with Crippen molar-refractivity contribution in [3.63, 3.8) is 0 Å². The molecule has 0 atom stereocenters. The number of hydrazine groups is 1. The van der Waals surface area contributed by atoms with E-state index in [-0.39, 0.29) is 15.7 Å². The first-order valence-electron chi connectivity index (χ1n) is 7.36. The van der Waals surface area contributed by atoms with Crippen LogP contribution in [0, 0.1) is 0 Å². The lowest BCUT2D eigenvalue weighted by Crippen LogP contribution is -2.49. The predicted molar refractivity (Wildman–Crippen MR) is 101 cm³/mol. The van der Waals surface area contributed by atoms with E-state index in [9.17, 15) is 18.0 Å². The number of nitrogens with one attached hydrogen (secondary N) is 3. The first-order valence-corrected chi connectivity index (χ1v) is 10.4. The van der Waals surface area contributed by atoms with Gasteiger partial charge in [0, 0.05) is 5.75 Å². The Morgan fingerprint density at radius 2 is 1.62 bits per heavy atom. The zero-order valence-electron chi connectivity index (χ0n) is 13.4. The van der Waals surface area contributed by atoms with Crippen LogP contribution in [-0.2, 0) is 20.6 Å². The Morgan fingerprint density at radius 3 is 2.31 bits per heavy atom. The highest BCUT2D eigenvalue weighted by molar-refractivity contribution is 7.99. The topological polar surface area (TPSA) is 104 Å². The maximum absolute atomic E-state index is 12.1. The molecule has 0 saturated carbocycles. The molecule has 0 aliphatic heterocycles. The lowest BCUT2D eigenvalue weighted by Gasteiger charge is -2.10. The summed E-state index contributed by atoms with van der Waals surface area (Å²) in [5, 5.41) is -0.0193. The van der Waals surface area contributed by atoms with Crippen molar-refractivity contribution in [2.45, 2.75) is 10.6 Å². The minimum absolute atomic E-state index is 0.0193. The predicted octanol–water partition coefficient (Wildman–Crippen LogP) is 2.29. The normalized spacial score (nSPS) is 10.8. The van der Waals surface area contributed by atoms with E-state index in [0.717, 1.165) is 5.56 Å². The van der Waals surface area contributed by atoms with Crippen molar-refractivity contribution in [1.82, 2.24) is 15.6 Å². The Kier molecular flexibility index (Phi) is 7.31. The number of thioether (sulfide) groups is 1. The molecule has 3 N–H and O–H groups in total. The largest absolute Gasteiger partial charge is 0.347 e. The molecule has 0 fully saturated rings.